The van der Waals surface area contributed by atoms with Crippen molar-refractivity contribution in [2.24, 2.45) is 0 Å². The Bertz CT molecular complexity index is 1520. The van der Waals surface area contributed by atoms with Crippen LogP contribution in [-0.2, 0) is 24.3 Å². The quantitative estimate of drug-likeness (QED) is 0.394. The Morgan fingerprint density at radius 2 is 2.03 bits per heavy atom. The van der Waals surface area contributed by atoms with E-state index in [1.165, 1.54) is 38.2 Å². The molecular formula is C24H23FN8O4. The number of hydrogen-bond acceptors (Lipinski definition) is 8. The molecule has 190 valence electrons. The fourth-order valence-electron chi connectivity index (χ4n) is 4.28. The number of aromatic nitrogens is 6. The fourth-order valence-corrected chi connectivity index (χ4v) is 4.28. The zero-order valence-electron chi connectivity index (χ0n) is 19.8. The average Bonchev–Trinajstić information content (AvgIpc) is 3.31. The van der Waals surface area contributed by atoms with Crippen LogP contribution in [0.1, 0.15) is 46.6 Å². The van der Waals surface area contributed by atoms with Crippen LogP contribution in [0.2, 0.25) is 0 Å². The molecule has 13 heteroatoms. The lowest BCUT2D eigenvalue weighted by Gasteiger charge is -2.33. The largest absolute Gasteiger partial charge is 0.501 e. The summed E-state index contributed by atoms with van der Waals surface area (Å²) in [6.07, 6.45) is 4.24. The molecule has 4 heterocycles. The van der Waals surface area contributed by atoms with Gasteiger partial charge in [0.2, 0.25) is 11.7 Å². The Morgan fingerprint density at radius 3 is 2.78 bits per heavy atom. The van der Waals surface area contributed by atoms with Crippen LogP contribution in [0.15, 0.2) is 47.5 Å². The molecule has 37 heavy (non-hydrogen) atoms. The highest BCUT2D eigenvalue weighted by atomic mass is 19.1. The molecule has 0 aliphatic carbocycles. The molecule has 5 rings (SSSR count). The Kier molecular flexibility index (Phi) is 6.34. The Hall–Kier alpha value is -4.68. The molecule has 1 atom stereocenters. The highest BCUT2D eigenvalue weighted by Gasteiger charge is 2.32. The first-order chi connectivity index (χ1) is 17.8. The van der Waals surface area contributed by atoms with E-state index >= 15 is 0 Å². The summed E-state index contributed by atoms with van der Waals surface area (Å²) >= 11 is 0. The summed E-state index contributed by atoms with van der Waals surface area (Å²) in [5.41, 5.74) is -0.558. The standard InChI is InChI=1S/C24H23FN8O4/c1-31(18(34)12-17-28-24-26-9-3-11-33(24)30-17)16-4-2-10-32-21(16)29-19(20(35)23(32)37)22(36)27-13-14-5-7-15(25)8-6-14/h3,5-9,11,16,35H,2,4,10,12-13H2,1H3,(H,27,36). The molecule has 1 unspecified atom stereocenters. The van der Waals surface area contributed by atoms with Crippen LogP contribution < -0.4 is 10.9 Å². The fraction of sp³-hybridized carbons (Fsp3) is 0.292. The van der Waals surface area contributed by atoms with Crippen molar-refractivity contribution in [2.75, 3.05) is 7.05 Å². The van der Waals surface area contributed by atoms with Crippen molar-refractivity contribution in [1.82, 2.24) is 39.3 Å². The second-order valence-electron chi connectivity index (χ2n) is 8.66. The minimum absolute atomic E-state index is 0.0430. The van der Waals surface area contributed by atoms with Crippen molar-refractivity contribution in [2.45, 2.75) is 38.4 Å². The Balaban J connectivity index is 1.38. The Morgan fingerprint density at radius 1 is 1.24 bits per heavy atom. The van der Waals surface area contributed by atoms with Crippen LogP contribution in [0.5, 0.6) is 5.75 Å². The number of aromatic hydroxyl groups is 1. The molecule has 0 radical (unpaired) electrons. The van der Waals surface area contributed by atoms with Crippen LogP contribution in [-0.4, -0.2) is 58.0 Å². The molecule has 1 aliphatic heterocycles. The minimum Gasteiger partial charge on any atom is -0.501 e. The van der Waals surface area contributed by atoms with Gasteiger partial charge < -0.3 is 15.3 Å². The number of nitrogens with zero attached hydrogens (tertiary/aromatic N) is 7. The van der Waals surface area contributed by atoms with Gasteiger partial charge >= 0.3 is 0 Å². The van der Waals surface area contributed by atoms with E-state index in [-0.39, 0.29) is 24.7 Å². The third-order valence-electron chi connectivity index (χ3n) is 6.24. The maximum absolute atomic E-state index is 13.1. The Labute approximate surface area is 209 Å². The number of benzene rings is 1. The first-order valence-corrected chi connectivity index (χ1v) is 11.6. The molecule has 2 amide bonds. The van der Waals surface area contributed by atoms with Crippen LogP contribution in [0.25, 0.3) is 5.78 Å². The van der Waals surface area contributed by atoms with Crippen LogP contribution in [0.4, 0.5) is 4.39 Å². The molecule has 0 saturated carbocycles. The van der Waals surface area contributed by atoms with E-state index in [0.29, 0.717) is 36.6 Å². The topological polar surface area (TPSA) is 148 Å². The minimum atomic E-state index is -0.767. The van der Waals surface area contributed by atoms with Crippen molar-refractivity contribution in [1.29, 1.82) is 0 Å². The number of hydrogen-bond donors (Lipinski definition) is 2. The molecule has 3 aromatic heterocycles. The van der Waals surface area contributed by atoms with Gasteiger partial charge in [-0.15, -0.1) is 5.10 Å². The van der Waals surface area contributed by atoms with Gasteiger partial charge in [0.15, 0.2) is 11.5 Å². The molecule has 0 saturated heterocycles. The van der Waals surface area contributed by atoms with E-state index < -0.39 is 34.8 Å². The number of nitrogens with one attached hydrogen (secondary N) is 1. The average molecular weight is 506 g/mol. The van der Waals surface area contributed by atoms with E-state index in [1.54, 1.807) is 25.5 Å². The first kappa shape index (κ1) is 24.0. The summed E-state index contributed by atoms with van der Waals surface area (Å²) in [5.74, 6) is -1.37. The zero-order valence-corrected chi connectivity index (χ0v) is 19.8. The lowest BCUT2D eigenvalue weighted by molar-refractivity contribution is -0.132. The lowest BCUT2D eigenvalue weighted by atomic mass is 10.0. The first-order valence-electron chi connectivity index (χ1n) is 11.6. The van der Waals surface area contributed by atoms with Gasteiger partial charge in [-0.1, -0.05) is 12.1 Å². The molecule has 1 aliphatic rings. The maximum atomic E-state index is 13.1. The number of carbonyl (C=O) groups is 2. The van der Waals surface area contributed by atoms with E-state index in [9.17, 15) is 23.9 Å². The van der Waals surface area contributed by atoms with Gasteiger partial charge in [-0.3, -0.25) is 19.0 Å². The lowest BCUT2D eigenvalue weighted by Crippen LogP contribution is -2.41. The second-order valence-corrected chi connectivity index (χ2v) is 8.66. The normalized spacial score (nSPS) is 14.8. The number of fused-ring (bicyclic) bond motifs is 2. The van der Waals surface area contributed by atoms with Crippen LogP contribution in [0, 0.1) is 5.82 Å². The predicted octanol–water partition coefficient (Wildman–Crippen LogP) is 0.992. The zero-order chi connectivity index (χ0) is 26.1. The molecule has 4 aromatic rings. The summed E-state index contributed by atoms with van der Waals surface area (Å²) in [5, 5.41) is 17.3. The summed E-state index contributed by atoms with van der Waals surface area (Å²) < 4.78 is 15.9. The van der Waals surface area contributed by atoms with Crippen molar-refractivity contribution >= 4 is 17.6 Å². The highest BCUT2D eigenvalue weighted by Crippen LogP contribution is 2.29. The highest BCUT2D eigenvalue weighted by molar-refractivity contribution is 5.94. The van der Waals surface area contributed by atoms with Crippen LogP contribution >= 0.6 is 0 Å². The predicted molar refractivity (Wildman–Crippen MR) is 127 cm³/mol. The third-order valence-corrected chi connectivity index (χ3v) is 6.24. The molecule has 2 N–H and O–H groups in total. The smallest absolute Gasteiger partial charge is 0.296 e. The van der Waals surface area contributed by atoms with E-state index in [2.05, 4.69) is 25.4 Å². The summed E-state index contributed by atoms with van der Waals surface area (Å²) in [6.45, 7) is 0.339. The molecule has 0 spiro atoms. The SMILES string of the molecule is CN(C(=O)Cc1nc2ncccn2n1)C1CCCn2c1nc(C(=O)NCc1ccc(F)cc1)c(O)c2=O. The summed E-state index contributed by atoms with van der Waals surface area (Å²) in [6, 6.07) is 6.64. The van der Waals surface area contributed by atoms with Crippen molar-refractivity contribution in [3.05, 3.63) is 81.8 Å². The van der Waals surface area contributed by atoms with Crippen molar-refractivity contribution < 1.29 is 19.1 Å². The van der Waals surface area contributed by atoms with E-state index in [1.807, 2.05) is 0 Å². The van der Waals surface area contributed by atoms with Gasteiger partial charge in [-0.25, -0.2) is 18.9 Å². The second kappa shape index (κ2) is 9.76. The van der Waals surface area contributed by atoms with Gasteiger partial charge in [-0.05, 0) is 36.6 Å². The number of rotatable bonds is 6. The number of likely N-dealkylation sites (N-methyl/N-ethyl adjacent to an activating group) is 1. The molecule has 12 nitrogen and oxygen atoms in total. The van der Waals surface area contributed by atoms with Gasteiger partial charge in [0.1, 0.15) is 11.6 Å². The van der Waals surface area contributed by atoms with E-state index in [4.69, 9.17) is 0 Å². The number of halogens is 1. The number of amides is 2. The summed E-state index contributed by atoms with van der Waals surface area (Å²) in [7, 11) is 1.59. The third kappa shape index (κ3) is 4.75. The molecule has 1 aromatic carbocycles. The van der Waals surface area contributed by atoms with Crippen LogP contribution in [0.3, 0.4) is 0 Å². The van der Waals surface area contributed by atoms with Gasteiger partial charge in [0.25, 0.3) is 17.2 Å². The summed E-state index contributed by atoms with van der Waals surface area (Å²) in [4.78, 5) is 52.9. The van der Waals surface area contributed by atoms with Gasteiger partial charge in [0, 0.05) is 32.5 Å². The molecule has 0 fully saturated rings. The molecular weight excluding hydrogens is 483 g/mol. The van der Waals surface area contributed by atoms with Crippen molar-refractivity contribution in [3.8, 4) is 5.75 Å². The molecule has 0 bridgehead atoms. The number of carbonyl (C=O) groups excluding carboxylic acids is 2. The van der Waals surface area contributed by atoms with Crippen molar-refractivity contribution in [3.63, 3.8) is 0 Å². The monoisotopic (exact) mass is 506 g/mol. The maximum Gasteiger partial charge on any atom is 0.296 e. The van der Waals surface area contributed by atoms with E-state index in [0.717, 1.165) is 0 Å². The van der Waals surface area contributed by atoms with Gasteiger partial charge in [0.05, 0.1) is 12.5 Å². The van der Waals surface area contributed by atoms with Gasteiger partial charge in [-0.2, -0.15) is 4.98 Å².